The number of carbonyl (C=O) groups excluding carboxylic acids is 3. The van der Waals surface area contributed by atoms with Crippen LogP contribution in [0.1, 0.15) is 16.7 Å². The average molecular weight is 546 g/mol. The highest BCUT2D eigenvalue weighted by molar-refractivity contribution is 6.15. The van der Waals surface area contributed by atoms with Gasteiger partial charge >= 0.3 is 0 Å². The van der Waals surface area contributed by atoms with Crippen molar-refractivity contribution in [3.05, 3.63) is 83.2 Å². The first-order valence-electron chi connectivity index (χ1n) is 13.0. The molecule has 2 saturated heterocycles. The predicted octanol–water partition coefficient (Wildman–Crippen LogP) is 2.75. The van der Waals surface area contributed by atoms with Crippen LogP contribution in [0.5, 0.6) is 17.2 Å². The molecule has 9 nitrogen and oxygen atoms in total. The topological polar surface area (TPSA) is 117 Å². The molecule has 4 atom stereocenters. The van der Waals surface area contributed by atoms with Gasteiger partial charge in [-0.05, 0) is 66.4 Å². The summed E-state index contributed by atoms with van der Waals surface area (Å²) in [4.78, 5) is 42.7. The molecular weight excluding hydrogens is 517 g/mol. The molecule has 3 aromatic carbocycles. The molecule has 2 fully saturated rings. The Kier molecular flexibility index (Phi) is 6.22. The minimum absolute atomic E-state index is 0.102. The number of carbonyl (C=O) groups is 3. The van der Waals surface area contributed by atoms with Crippen LogP contribution in [0.15, 0.2) is 60.7 Å². The van der Waals surface area contributed by atoms with E-state index in [1.807, 2.05) is 6.07 Å². The Labute approximate surface area is 229 Å². The molecule has 0 saturated carbocycles. The smallest absolute Gasteiger partial charge is 0.250 e. The lowest BCUT2D eigenvalue weighted by molar-refractivity contribution is -0.142. The molecular formula is C30H28FN3O6. The van der Waals surface area contributed by atoms with Crippen LogP contribution in [-0.2, 0) is 32.8 Å². The molecule has 206 valence electrons. The Bertz CT molecular complexity index is 1530. The number of halogens is 1. The minimum Gasteiger partial charge on any atom is -0.508 e. The SMILES string of the molecule is COc1ccc(CCN2C(=O)[C@@H]3C(Cc4ccc(O)cc4)NC4(C(=O)Nc5ccc(F)cc54)[C@@H]3C2=O)cc1OC. The summed E-state index contributed by atoms with van der Waals surface area (Å²) in [6.45, 7) is 0.111. The molecule has 3 aromatic rings. The summed E-state index contributed by atoms with van der Waals surface area (Å²) in [5.41, 5.74) is 0.799. The molecule has 2 unspecified atom stereocenters. The first-order chi connectivity index (χ1) is 19.3. The van der Waals surface area contributed by atoms with Crippen molar-refractivity contribution >= 4 is 23.4 Å². The second-order valence-electron chi connectivity index (χ2n) is 10.3. The number of aromatic hydroxyl groups is 1. The lowest BCUT2D eigenvalue weighted by Gasteiger charge is -2.29. The maximum absolute atomic E-state index is 14.5. The number of imide groups is 1. The number of phenolic OH excluding ortho intramolecular Hbond substituents is 1. The van der Waals surface area contributed by atoms with E-state index >= 15 is 0 Å². The summed E-state index contributed by atoms with van der Waals surface area (Å²) < 4.78 is 25.1. The van der Waals surface area contributed by atoms with Crippen LogP contribution in [0.2, 0.25) is 0 Å². The number of nitrogens with one attached hydrogen (secondary N) is 2. The Morgan fingerprint density at radius 3 is 2.38 bits per heavy atom. The molecule has 3 heterocycles. The van der Waals surface area contributed by atoms with Crippen molar-refractivity contribution in [2.24, 2.45) is 11.8 Å². The van der Waals surface area contributed by atoms with Crippen LogP contribution >= 0.6 is 0 Å². The first kappa shape index (κ1) is 25.8. The Morgan fingerprint density at radius 2 is 1.65 bits per heavy atom. The van der Waals surface area contributed by atoms with Crippen molar-refractivity contribution in [1.29, 1.82) is 0 Å². The highest BCUT2D eigenvalue weighted by Crippen LogP contribution is 2.53. The second kappa shape index (κ2) is 9.63. The van der Waals surface area contributed by atoms with E-state index in [2.05, 4.69) is 10.6 Å². The molecule has 3 aliphatic heterocycles. The van der Waals surface area contributed by atoms with Gasteiger partial charge in [-0.15, -0.1) is 0 Å². The molecule has 3 N–H and O–H groups in total. The number of phenols is 1. The molecule has 10 heteroatoms. The zero-order valence-electron chi connectivity index (χ0n) is 21.9. The van der Waals surface area contributed by atoms with Crippen molar-refractivity contribution < 1.29 is 33.4 Å². The highest BCUT2D eigenvalue weighted by Gasteiger charge is 2.70. The first-order valence-corrected chi connectivity index (χ1v) is 13.0. The van der Waals surface area contributed by atoms with Crippen LogP contribution < -0.4 is 20.1 Å². The van der Waals surface area contributed by atoms with Gasteiger partial charge in [0.15, 0.2) is 11.5 Å². The predicted molar refractivity (Wildman–Crippen MR) is 142 cm³/mol. The number of nitrogens with zero attached hydrogens (tertiary/aromatic N) is 1. The number of ether oxygens (including phenoxy) is 2. The summed E-state index contributed by atoms with van der Waals surface area (Å²) in [7, 11) is 3.07. The normalized spacial score (nSPS) is 24.8. The van der Waals surface area contributed by atoms with Crippen LogP contribution in [-0.4, -0.2) is 54.5 Å². The summed E-state index contributed by atoms with van der Waals surface area (Å²) >= 11 is 0. The lowest BCUT2D eigenvalue weighted by Crippen LogP contribution is -2.53. The zero-order chi connectivity index (χ0) is 28.2. The number of fused-ring (bicyclic) bond motifs is 4. The molecule has 0 aromatic heterocycles. The van der Waals surface area contributed by atoms with E-state index in [0.29, 0.717) is 35.6 Å². The summed E-state index contributed by atoms with van der Waals surface area (Å²) in [5, 5.41) is 15.8. The monoisotopic (exact) mass is 545 g/mol. The molecule has 3 aliphatic rings. The van der Waals surface area contributed by atoms with Gasteiger partial charge in [0.2, 0.25) is 17.7 Å². The quantitative estimate of drug-likeness (QED) is 0.391. The van der Waals surface area contributed by atoms with Gasteiger partial charge < -0.3 is 19.9 Å². The number of hydrogen-bond donors (Lipinski definition) is 3. The van der Waals surface area contributed by atoms with E-state index in [1.54, 1.807) is 43.5 Å². The van der Waals surface area contributed by atoms with Gasteiger partial charge in [-0.1, -0.05) is 18.2 Å². The maximum atomic E-state index is 14.5. The van der Waals surface area contributed by atoms with E-state index in [9.17, 15) is 23.9 Å². The standard InChI is InChI=1S/C30H28FN3O6/c1-39-23-10-5-17(14-24(23)40-2)11-12-34-27(36)25-22(13-16-3-7-19(35)8-4-16)33-30(26(25)28(34)37)20-15-18(31)6-9-21(20)32-29(30)38/h3-10,14-15,22,25-26,33,35H,11-13H2,1-2H3,(H,32,38)/t22?,25-,26+,30?/m1/s1. The summed E-state index contributed by atoms with van der Waals surface area (Å²) in [5.74, 6) is -2.56. The third-order valence-electron chi connectivity index (χ3n) is 8.23. The molecule has 0 aliphatic carbocycles. The van der Waals surface area contributed by atoms with Gasteiger partial charge in [0.1, 0.15) is 17.1 Å². The van der Waals surface area contributed by atoms with E-state index in [1.165, 1.54) is 30.2 Å². The molecule has 3 amide bonds. The molecule has 0 bridgehead atoms. The van der Waals surface area contributed by atoms with E-state index < -0.39 is 41.0 Å². The van der Waals surface area contributed by atoms with E-state index in [-0.39, 0.29) is 18.2 Å². The Balaban J connectivity index is 1.36. The number of benzene rings is 3. The van der Waals surface area contributed by atoms with Crippen LogP contribution in [0.4, 0.5) is 10.1 Å². The Morgan fingerprint density at radius 1 is 0.925 bits per heavy atom. The van der Waals surface area contributed by atoms with Crippen molar-refractivity contribution in [3.8, 4) is 17.2 Å². The van der Waals surface area contributed by atoms with Gasteiger partial charge in [0.05, 0.1) is 26.1 Å². The fraction of sp³-hybridized carbons (Fsp3) is 0.300. The van der Waals surface area contributed by atoms with Gasteiger partial charge in [0, 0.05) is 23.8 Å². The average Bonchev–Trinajstić information content (AvgIpc) is 3.52. The van der Waals surface area contributed by atoms with Crippen LogP contribution in [0.3, 0.4) is 0 Å². The zero-order valence-corrected chi connectivity index (χ0v) is 21.9. The van der Waals surface area contributed by atoms with Gasteiger partial charge in [-0.25, -0.2) is 4.39 Å². The third kappa shape index (κ3) is 3.90. The lowest BCUT2D eigenvalue weighted by atomic mass is 9.76. The van der Waals surface area contributed by atoms with Crippen molar-refractivity contribution in [2.45, 2.75) is 24.4 Å². The van der Waals surface area contributed by atoms with Crippen molar-refractivity contribution in [1.82, 2.24) is 10.2 Å². The molecule has 6 rings (SSSR count). The number of likely N-dealkylation sites (tertiary alicyclic amines) is 1. The van der Waals surface area contributed by atoms with Crippen LogP contribution in [0, 0.1) is 17.7 Å². The van der Waals surface area contributed by atoms with Gasteiger partial charge in [-0.2, -0.15) is 0 Å². The fourth-order valence-corrected chi connectivity index (χ4v) is 6.39. The second-order valence-corrected chi connectivity index (χ2v) is 10.3. The number of rotatable bonds is 7. The van der Waals surface area contributed by atoms with Gasteiger partial charge in [-0.3, -0.25) is 24.6 Å². The maximum Gasteiger partial charge on any atom is 0.250 e. The van der Waals surface area contributed by atoms with Gasteiger partial charge in [0.25, 0.3) is 0 Å². The largest absolute Gasteiger partial charge is 0.508 e. The molecule has 40 heavy (non-hydrogen) atoms. The summed E-state index contributed by atoms with van der Waals surface area (Å²) in [6, 6.07) is 15.3. The van der Waals surface area contributed by atoms with Crippen molar-refractivity contribution in [3.63, 3.8) is 0 Å². The molecule has 1 spiro atoms. The Hall–Kier alpha value is -4.44. The number of hydrogen-bond acceptors (Lipinski definition) is 7. The molecule has 0 radical (unpaired) electrons. The summed E-state index contributed by atoms with van der Waals surface area (Å²) in [6.07, 6.45) is 0.696. The highest BCUT2D eigenvalue weighted by atomic mass is 19.1. The number of methoxy groups -OCH3 is 2. The van der Waals surface area contributed by atoms with Crippen molar-refractivity contribution in [2.75, 3.05) is 26.1 Å². The minimum atomic E-state index is -1.59. The fourth-order valence-electron chi connectivity index (χ4n) is 6.39. The number of amides is 3. The van der Waals surface area contributed by atoms with E-state index in [4.69, 9.17) is 9.47 Å². The number of anilines is 1. The van der Waals surface area contributed by atoms with Crippen LogP contribution in [0.25, 0.3) is 0 Å². The van der Waals surface area contributed by atoms with E-state index in [0.717, 1.165) is 11.1 Å². The third-order valence-corrected chi connectivity index (χ3v) is 8.23.